The highest BCUT2D eigenvalue weighted by Crippen LogP contribution is 2.36. The van der Waals surface area contributed by atoms with Gasteiger partial charge in [0.25, 0.3) is 0 Å². The Hall–Kier alpha value is -1.60. The molecule has 86 valence electrons. The standard InChI is InChI=1S/C10H12N2O4/c13-5-9-10(6-14)12(16)8-4-2-1-3-7(8)11(9)15/h1-4,13-16H,5-6H2. The quantitative estimate of drug-likeness (QED) is 0.577. The predicted octanol–water partition coefficient (Wildman–Crippen LogP) is 0.288. The summed E-state index contributed by atoms with van der Waals surface area (Å²) in [6, 6.07) is 6.55. The Balaban J connectivity index is 2.57. The summed E-state index contributed by atoms with van der Waals surface area (Å²) in [7, 11) is 0. The molecule has 0 atom stereocenters. The second-order valence-electron chi connectivity index (χ2n) is 3.32. The molecule has 0 fully saturated rings. The molecule has 2 rings (SSSR count). The zero-order valence-corrected chi connectivity index (χ0v) is 8.41. The Morgan fingerprint density at radius 2 is 1.19 bits per heavy atom. The minimum Gasteiger partial charge on any atom is -0.390 e. The molecule has 1 heterocycles. The van der Waals surface area contributed by atoms with Crippen LogP contribution in [0.5, 0.6) is 0 Å². The van der Waals surface area contributed by atoms with Crippen LogP contribution >= 0.6 is 0 Å². The SMILES string of the molecule is OCC1=C(CO)N(O)c2ccccc2N1O. The lowest BCUT2D eigenvalue weighted by molar-refractivity contribution is 0.203. The maximum atomic E-state index is 9.81. The molecule has 0 saturated heterocycles. The highest BCUT2D eigenvalue weighted by atomic mass is 16.5. The molecule has 4 N–H and O–H groups in total. The molecule has 6 heteroatoms. The summed E-state index contributed by atoms with van der Waals surface area (Å²) in [6.45, 7) is -0.977. The topological polar surface area (TPSA) is 87.4 Å². The molecule has 0 unspecified atom stereocenters. The van der Waals surface area contributed by atoms with E-state index < -0.39 is 13.2 Å². The zero-order chi connectivity index (χ0) is 11.7. The highest BCUT2D eigenvalue weighted by Gasteiger charge is 2.28. The Morgan fingerprint density at radius 1 is 0.812 bits per heavy atom. The van der Waals surface area contributed by atoms with Gasteiger partial charge in [-0.2, -0.15) is 0 Å². The van der Waals surface area contributed by atoms with Gasteiger partial charge in [0, 0.05) is 0 Å². The number of rotatable bonds is 2. The Morgan fingerprint density at radius 3 is 1.50 bits per heavy atom. The summed E-state index contributed by atoms with van der Waals surface area (Å²) in [5.74, 6) is 0. The Bertz CT molecular complexity index is 394. The summed E-state index contributed by atoms with van der Waals surface area (Å²) in [5, 5.41) is 39.3. The van der Waals surface area contributed by atoms with E-state index in [4.69, 9.17) is 10.2 Å². The number of benzene rings is 1. The minimum atomic E-state index is -0.488. The van der Waals surface area contributed by atoms with Crippen molar-refractivity contribution in [2.24, 2.45) is 0 Å². The average molecular weight is 224 g/mol. The molecule has 0 aliphatic carbocycles. The van der Waals surface area contributed by atoms with Gasteiger partial charge in [-0.25, -0.2) is 10.1 Å². The maximum Gasteiger partial charge on any atom is 0.0965 e. The van der Waals surface area contributed by atoms with Gasteiger partial charge in [0.2, 0.25) is 0 Å². The lowest BCUT2D eigenvalue weighted by Crippen LogP contribution is -2.35. The molecule has 6 nitrogen and oxygen atoms in total. The molecule has 0 radical (unpaired) electrons. The Labute approximate surface area is 91.8 Å². The van der Waals surface area contributed by atoms with Crippen LogP contribution < -0.4 is 10.1 Å². The van der Waals surface area contributed by atoms with Gasteiger partial charge in [-0.05, 0) is 12.1 Å². The monoisotopic (exact) mass is 224 g/mol. The van der Waals surface area contributed by atoms with Gasteiger partial charge in [0.15, 0.2) is 0 Å². The van der Waals surface area contributed by atoms with Crippen molar-refractivity contribution in [1.82, 2.24) is 0 Å². The van der Waals surface area contributed by atoms with Crippen molar-refractivity contribution < 1.29 is 20.6 Å². The van der Waals surface area contributed by atoms with Gasteiger partial charge in [-0.15, -0.1) is 0 Å². The second kappa shape index (κ2) is 4.11. The van der Waals surface area contributed by atoms with Gasteiger partial charge in [0.1, 0.15) is 0 Å². The third-order valence-electron chi connectivity index (χ3n) is 2.48. The van der Waals surface area contributed by atoms with Crippen LogP contribution in [0.25, 0.3) is 0 Å². The Kier molecular flexibility index (Phi) is 2.80. The van der Waals surface area contributed by atoms with E-state index in [9.17, 15) is 10.4 Å². The fraction of sp³-hybridized carbons (Fsp3) is 0.200. The molecule has 0 aromatic heterocycles. The minimum absolute atomic E-state index is 0.0451. The summed E-state index contributed by atoms with van der Waals surface area (Å²) in [4.78, 5) is 0. The van der Waals surface area contributed by atoms with Gasteiger partial charge in [-0.1, -0.05) is 12.1 Å². The van der Waals surface area contributed by atoms with E-state index in [1.54, 1.807) is 24.3 Å². The fourth-order valence-electron chi connectivity index (χ4n) is 1.67. The van der Waals surface area contributed by atoms with Crippen LogP contribution in [0.15, 0.2) is 35.7 Å². The molecule has 1 aromatic carbocycles. The molecule has 1 aliphatic heterocycles. The van der Waals surface area contributed by atoms with Crippen LogP contribution in [0.1, 0.15) is 0 Å². The molecular weight excluding hydrogens is 212 g/mol. The number of para-hydroxylation sites is 2. The highest BCUT2D eigenvalue weighted by molar-refractivity contribution is 5.76. The van der Waals surface area contributed by atoms with Crippen LogP contribution in [-0.2, 0) is 0 Å². The first kappa shape index (κ1) is 10.9. The van der Waals surface area contributed by atoms with Crippen LogP contribution in [0, 0.1) is 0 Å². The number of hydrogen-bond donors (Lipinski definition) is 4. The third kappa shape index (κ3) is 1.44. The summed E-state index contributed by atoms with van der Waals surface area (Å²) in [6.07, 6.45) is 0. The molecule has 0 bridgehead atoms. The maximum absolute atomic E-state index is 9.81. The van der Waals surface area contributed by atoms with Crippen LogP contribution in [-0.4, -0.2) is 33.8 Å². The molecule has 0 spiro atoms. The number of hydrogen-bond acceptors (Lipinski definition) is 6. The average Bonchev–Trinajstić information content (AvgIpc) is 2.33. The number of aliphatic hydroxyl groups is 2. The van der Waals surface area contributed by atoms with Crippen LogP contribution in [0.3, 0.4) is 0 Å². The second-order valence-corrected chi connectivity index (χ2v) is 3.32. The number of hydroxylamine groups is 2. The lowest BCUT2D eigenvalue weighted by atomic mass is 10.1. The van der Waals surface area contributed by atoms with E-state index in [0.29, 0.717) is 11.4 Å². The van der Waals surface area contributed by atoms with Gasteiger partial charge >= 0.3 is 0 Å². The lowest BCUT2D eigenvalue weighted by Gasteiger charge is -2.34. The number of anilines is 2. The van der Waals surface area contributed by atoms with Gasteiger partial charge < -0.3 is 10.2 Å². The predicted molar refractivity (Wildman–Crippen MR) is 56.2 cm³/mol. The first-order chi connectivity index (χ1) is 7.70. The molecule has 1 aromatic rings. The van der Waals surface area contributed by atoms with Crippen molar-refractivity contribution >= 4 is 11.4 Å². The third-order valence-corrected chi connectivity index (χ3v) is 2.48. The zero-order valence-electron chi connectivity index (χ0n) is 8.41. The number of fused-ring (bicyclic) bond motifs is 1. The molecule has 1 aliphatic rings. The number of aliphatic hydroxyl groups excluding tert-OH is 2. The van der Waals surface area contributed by atoms with E-state index in [-0.39, 0.29) is 11.4 Å². The molecule has 16 heavy (non-hydrogen) atoms. The summed E-state index contributed by atoms with van der Waals surface area (Å²) < 4.78 is 0. The fourth-order valence-corrected chi connectivity index (χ4v) is 1.67. The summed E-state index contributed by atoms with van der Waals surface area (Å²) >= 11 is 0. The van der Waals surface area contributed by atoms with Crippen molar-refractivity contribution in [3.05, 3.63) is 35.7 Å². The largest absolute Gasteiger partial charge is 0.390 e. The van der Waals surface area contributed by atoms with Gasteiger partial charge in [-0.3, -0.25) is 10.4 Å². The van der Waals surface area contributed by atoms with E-state index >= 15 is 0 Å². The van der Waals surface area contributed by atoms with Crippen molar-refractivity contribution in [3.63, 3.8) is 0 Å². The van der Waals surface area contributed by atoms with Crippen molar-refractivity contribution in [2.75, 3.05) is 23.3 Å². The molecule has 0 saturated carbocycles. The van der Waals surface area contributed by atoms with Crippen molar-refractivity contribution in [3.8, 4) is 0 Å². The van der Waals surface area contributed by atoms with E-state index in [2.05, 4.69) is 0 Å². The smallest absolute Gasteiger partial charge is 0.0965 e. The van der Waals surface area contributed by atoms with E-state index in [0.717, 1.165) is 10.1 Å². The normalized spacial score (nSPS) is 15.5. The van der Waals surface area contributed by atoms with E-state index in [1.807, 2.05) is 0 Å². The van der Waals surface area contributed by atoms with E-state index in [1.165, 1.54) is 0 Å². The van der Waals surface area contributed by atoms with Gasteiger partial charge in [0.05, 0.1) is 36.0 Å². The van der Waals surface area contributed by atoms with Crippen LogP contribution in [0.2, 0.25) is 0 Å². The summed E-state index contributed by atoms with van der Waals surface area (Å²) in [5.41, 5.74) is 0.768. The first-order valence-corrected chi connectivity index (χ1v) is 4.71. The number of nitrogens with zero attached hydrogens (tertiary/aromatic N) is 2. The first-order valence-electron chi connectivity index (χ1n) is 4.71. The van der Waals surface area contributed by atoms with Crippen LogP contribution in [0.4, 0.5) is 11.4 Å². The molecule has 0 amide bonds. The van der Waals surface area contributed by atoms with Crippen molar-refractivity contribution in [2.45, 2.75) is 0 Å². The van der Waals surface area contributed by atoms with Crippen molar-refractivity contribution in [1.29, 1.82) is 0 Å². The molecular formula is C10H12N2O4.